The number of nitrogens with zero attached hydrogens (tertiary/aromatic N) is 4. The van der Waals surface area contributed by atoms with Gasteiger partial charge in [0.05, 0.1) is 11.1 Å². The Hall–Kier alpha value is -2.50. The predicted molar refractivity (Wildman–Crippen MR) is 115 cm³/mol. The van der Waals surface area contributed by atoms with Crippen LogP contribution in [0.5, 0.6) is 0 Å². The molecular formula is C20H17Cl2F5N6. The van der Waals surface area contributed by atoms with Crippen LogP contribution < -0.4 is 10.6 Å². The second kappa shape index (κ2) is 8.69. The highest BCUT2D eigenvalue weighted by molar-refractivity contribution is 6.33. The van der Waals surface area contributed by atoms with E-state index in [2.05, 4.69) is 25.7 Å². The van der Waals surface area contributed by atoms with Crippen LogP contribution in [0.2, 0.25) is 5.15 Å². The highest BCUT2D eigenvalue weighted by Gasteiger charge is 2.50. The third-order valence-corrected chi connectivity index (χ3v) is 6.10. The Labute approximate surface area is 195 Å². The number of anilines is 1. The Balaban J connectivity index is 0.00000259. The zero-order chi connectivity index (χ0) is 22.6. The fourth-order valence-electron chi connectivity index (χ4n) is 4.29. The zero-order valence-electron chi connectivity index (χ0n) is 16.7. The fraction of sp³-hybridized carbons (Fsp3) is 0.350. The van der Waals surface area contributed by atoms with Crippen LogP contribution in [0.25, 0.3) is 23.0 Å². The molecule has 3 atom stereocenters. The number of allylic oxidation sites excluding steroid dienone is 1. The van der Waals surface area contributed by atoms with Crippen molar-refractivity contribution >= 4 is 41.7 Å². The summed E-state index contributed by atoms with van der Waals surface area (Å²) in [5.41, 5.74) is -0.672. The average Bonchev–Trinajstić information content (AvgIpc) is 3.07. The molecule has 3 aromatic rings. The Kier molecular flexibility index (Phi) is 6.23. The van der Waals surface area contributed by atoms with Crippen molar-refractivity contribution in [2.75, 3.05) is 25.0 Å². The van der Waals surface area contributed by atoms with Crippen molar-refractivity contribution in [2.45, 2.75) is 6.18 Å². The molecule has 2 N–H and O–H groups in total. The lowest BCUT2D eigenvalue weighted by atomic mass is 10.0. The van der Waals surface area contributed by atoms with Crippen molar-refractivity contribution in [3.8, 4) is 11.1 Å². The topological polar surface area (TPSA) is 67.1 Å². The highest BCUT2D eigenvalue weighted by Crippen LogP contribution is 2.49. The summed E-state index contributed by atoms with van der Waals surface area (Å²) in [5, 5.41) is 8.79. The minimum Gasteiger partial charge on any atom is -0.360 e. The molecule has 1 aliphatic heterocycles. The molecule has 2 fully saturated rings. The van der Waals surface area contributed by atoms with Gasteiger partial charge in [-0.25, -0.2) is 8.78 Å². The second-order valence-electron chi connectivity index (χ2n) is 7.85. The van der Waals surface area contributed by atoms with Gasteiger partial charge in [0.25, 0.3) is 5.78 Å². The average molecular weight is 507 g/mol. The van der Waals surface area contributed by atoms with Crippen molar-refractivity contribution < 1.29 is 22.0 Å². The minimum absolute atomic E-state index is 0. The first-order chi connectivity index (χ1) is 15.2. The summed E-state index contributed by atoms with van der Waals surface area (Å²) >= 11 is 6.13. The second-order valence-corrected chi connectivity index (χ2v) is 8.21. The van der Waals surface area contributed by atoms with E-state index in [1.165, 1.54) is 0 Å². The standard InChI is InChI=1S/C20H16ClF5N6.ClH/c21-17-16(18(28-7-20(24,25)26)32-19(31-17)29-8-30-32)15-13(22)3-9(4-14(15)23)1-2-10-11-5-27-6-12(10)11;/h1-4,8,10-12,27-28H,5-7H2;1H/b2-1+;/t10?,11-,12+;. The number of rotatable bonds is 5. The summed E-state index contributed by atoms with van der Waals surface area (Å²) in [7, 11) is 0. The summed E-state index contributed by atoms with van der Waals surface area (Å²) < 4.78 is 69.6. The molecule has 0 bridgehead atoms. The van der Waals surface area contributed by atoms with Crippen LogP contribution in [0, 0.1) is 29.4 Å². The van der Waals surface area contributed by atoms with E-state index >= 15 is 8.78 Å². The van der Waals surface area contributed by atoms with Crippen LogP contribution >= 0.6 is 24.0 Å². The van der Waals surface area contributed by atoms with Gasteiger partial charge in [-0.1, -0.05) is 23.8 Å². The van der Waals surface area contributed by atoms with Gasteiger partial charge in [0.15, 0.2) is 0 Å². The number of halogens is 7. The molecule has 13 heteroatoms. The number of benzene rings is 1. The molecular weight excluding hydrogens is 490 g/mol. The van der Waals surface area contributed by atoms with E-state index < -0.39 is 35.1 Å². The summed E-state index contributed by atoms with van der Waals surface area (Å²) in [6, 6.07) is 2.22. The van der Waals surface area contributed by atoms with E-state index in [9.17, 15) is 13.2 Å². The summed E-state index contributed by atoms with van der Waals surface area (Å²) in [4.78, 5) is 7.69. The summed E-state index contributed by atoms with van der Waals surface area (Å²) in [5.74, 6) is -0.958. The predicted octanol–water partition coefficient (Wildman–Crippen LogP) is 4.60. The largest absolute Gasteiger partial charge is 0.405 e. The first-order valence-electron chi connectivity index (χ1n) is 9.81. The quantitative estimate of drug-likeness (QED) is 0.391. The van der Waals surface area contributed by atoms with E-state index in [1.807, 2.05) is 6.08 Å². The van der Waals surface area contributed by atoms with E-state index in [-0.39, 0.29) is 29.6 Å². The summed E-state index contributed by atoms with van der Waals surface area (Å²) in [6.07, 6.45) is 0.0471. The molecule has 1 aromatic carbocycles. The normalized spacial score (nSPS) is 21.9. The van der Waals surface area contributed by atoms with Crippen LogP contribution in [0.1, 0.15) is 5.56 Å². The van der Waals surface area contributed by atoms with Crippen molar-refractivity contribution in [1.29, 1.82) is 0 Å². The fourth-order valence-corrected chi connectivity index (χ4v) is 4.55. The maximum Gasteiger partial charge on any atom is 0.405 e. The SMILES string of the molecule is Cl.Fc1cc(/C=C/C2[C@H]3CNC[C@@H]23)cc(F)c1-c1c(Cl)nc2ncnn2c1NCC(F)(F)F. The van der Waals surface area contributed by atoms with Crippen LogP contribution in [0.15, 0.2) is 24.5 Å². The number of fused-ring (bicyclic) bond motifs is 2. The number of aromatic nitrogens is 4. The monoisotopic (exact) mass is 506 g/mol. The Morgan fingerprint density at radius 2 is 1.82 bits per heavy atom. The molecule has 33 heavy (non-hydrogen) atoms. The molecule has 3 heterocycles. The smallest absolute Gasteiger partial charge is 0.360 e. The number of nitrogens with one attached hydrogen (secondary N) is 2. The van der Waals surface area contributed by atoms with Crippen molar-refractivity contribution in [3.63, 3.8) is 0 Å². The molecule has 6 nitrogen and oxygen atoms in total. The molecule has 0 radical (unpaired) electrons. The molecule has 1 saturated carbocycles. The first kappa shape index (κ1) is 23.7. The third kappa shape index (κ3) is 4.49. The van der Waals surface area contributed by atoms with E-state index in [4.69, 9.17) is 11.6 Å². The Bertz CT molecular complexity index is 1190. The van der Waals surface area contributed by atoms with E-state index in [1.54, 1.807) is 6.08 Å². The maximum absolute atomic E-state index is 15.1. The molecule has 1 unspecified atom stereocenters. The Morgan fingerprint density at radius 1 is 1.15 bits per heavy atom. The molecule has 1 saturated heterocycles. The molecule has 176 valence electrons. The van der Waals surface area contributed by atoms with Gasteiger partial charge in [-0.05, 0) is 48.5 Å². The summed E-state index contributed by atoms with van der Waals surface area (Å²) in [6.45, 7) is 0.397. The van der Waals surface area contributed by atoms with Gasteiger partial charge in [-0.2, -0.15) is 32.8 Å². The van der Waals surface area contributed by atoms with Crippen LogP contribution in [-0.2, 0) is 0 Å². The third-order valence-electron chi connectivity index (χ3n) is 5.82. The molecule has 2 aromatic heterocycles. The van der Waals surface area contributed by atoms with Crippen molar-refractivity contribution in [1.82, 2.24) is 24.9 Å². The lowest BCUT2D eigenvalue weighted by Gasteiger charge is -2.17. The number of hydrogen-bond donors (Lipinski definition) is 2. The zero-order valence-corrected chi connectivity index (χ0v) is 18.3. The molecule has 5 rings (SSSR count). The molecule has 2 aliphatic rings. The molecule has 0 amide bonds. The maximum atomic E-state index is 15.1. The van der Waals surface area contributed by atoms with Gasteiger partial charge < -0.3 is 10.6 Å². The van der Waals surface area contributed by atoms with Crippen LogP contribution in [0.4, 0.5) is 27.8 Å². The van der Waals surface area contributed by atoms with E-state index in [0.29, 0.717) is 23.3 Å². The number of piperidine rings is 1. The van der Waals surface area contributed by atoms with Crippen molar-refractivity contribution in [3.05, 3.63) is 46.9 Å². The van der Waals surface area contributed by atoms with Gasteiger partial charge in [0.2, 0.25) is 0 Å². The minimum atomic E-state index is -4.59. The van der Waals surface area contributed by atoms with E-state index in [0.717, 1.165) is 36.1 Å². The Morgan fingerprint density at radius 3 is 2.45 bits per heavy atom. The van der Waals surface area contributed by atoms with Crippen LogP contribution in [0.3, 0.4) is 0 Å². The molecule has 1 aliphatic carbocycles. The van der Waals surface area contributed by atoms with Crippen LogP contribution in [-0.4, -0.2) is 45.4 Å². The van der Waals surface area contributed by atoms with Gasteiger partial charge in [-0.3, -0.25) is 0 Å². The highest BCUT2D eigenvalue weighted by atomic mass is 35.5. The van der Waals surface area contributed by atoms with Gasteiger partial charge in [-0.15, -0.1) is 12.4 Å². The molecule has 0 spiro atoms. The lowest BCUT2D eigenvalue weighted by Crippen LogP contribution is -2.23. The van der Waals surface area contributed by atoms with Gasteiger partial charge >= 0.3 is 6.18 Å². The van der Waals surface area contributed by atoms with Gasteiger partial charge in [0, 0.05) is 0 Å². The van der Waals surface area contributed by atoms with Gasteiger partial charge in [0.1, 0.15) is 35.5 Å². The lowest BCUT2D eigenvalue weighted by molar-refractivity contribution is -0.115. The number of hydrogen-bond acceptors (Lipinski definition) is 5. The van der Waals surface area contributed by atoms with Crippen molar-refractivity contribution in [2.24, 2.45) is 17.8 Å². The first-order valence-corrected chi connectivity index (χ1v) is 10.2. The number of alkyl halides is 3.